The van der Waals surface area contributed by atoms with Gasteiger partial charge in [0, 0.05) is 27.8 Å². The highest BCUT2D eigenvalue weighted by molar-refractivity contribution is 7.98. The summed E-state index contributed by atoms with van der Waals surface area (Å²) >= 11 is 1.50. The summed E-state index contributed by atoms with van der Waals surface area (Å²) in [6, 6.07) is 13.8. The minimum atomic E-state index is -0.370. The first kappa shape index (κ1) is 13.3. The molecule has 19 heavy (non-hydrogen) atoms. The summed E-state index contributed by atoms with van der Waals surface area (Å²) in [5.74, 6) is 0.525. The normalized spacial score (nSPS) is 10.1. The molecule has 0 spiro atoms. The molecule has 2 aromatic carbocycles. The Morgan fingerprint density at radius 1 is 1.11 bits per heavy atom. The molecule has 0 saturated heterocycles. The molecule has 0 bridgehead atoms. The van der Waals surface area contributed by atoms with E-state index in [9.17, 15) is 14.9 Å². The standard InChI is InChI=1S/C14H11NO3S/c16-9-11-5-7-13(8-6-11)19-10-12-3-1-2-4-14(12)15(17)18/h1-9H,10H2. The lowest BCUT2D eigenvalue weighted by atomic mass is 10.2. The van der Waals surface area contributed by atoms with Gasteiger partial charge < -0.3 is 0 Å². The van der Waals surface area contributed by atoms with Gasteiger partial charge in [0.25, 0.3) is 5.69 Å². The molecule has 0 aliphatic carbocycles. The smallest absolute Gasteiger partial charge is 0.273 e. The van der Waals surface area contributed by atoms with Crippen molar-refractivity contribution < 1.29 is 9.72 Å². The van der Waals surface area contributed by atoms with E-state index in [-0.39, 0.29) is 10.6 Å². The summed E-state index contributed by atoms with van der Waals surface area (Å²) in [5, 5.41) is 10.9. The second kappa shape index (κ2) is 6.15. The van der Waals surface area contributed by atoms with E-state index >= 15 is 0 Å². The first-order valence-electron chi connectivity index (χ1n) is 5.61. The van der Waals surface area contributed by atoms with Gasteiger partial charge >= 0.3 is 0 Å². The zero-order valence-electron chi connectivity index (χ0n) is 9.98. The molecule has 4 nitrogen and oxygen atoms in total. The predicted molar refractivity (Wildman–Crippen MR) is 74.5 cm³/mol. The lowest BCUT2D eigenvalue weighted by molar-refractivity contribution is -0.385. The molecule has 5 heteroatoms. The van der Waals surface area contributed by atoms with E-state index in [2.05, 4.69) is 0 Å². The van der Waals surface area contributed by atoms with Gasteiger partial charge in [-0.05, 0) is 12.1 Å². The van der Waals surface area contributed by atoms with Crippen LogP contribution in [0.2, 0.25) is 0 Å². The van der Waals surface area contributed by atoms with Crippen molar-refractivity contribution in [1.82, 2.24) is 0 Å². The van der Waals surface area contributed by atoms with E-state index in [0.717, 1.165) is 11.2 Å². The molecule has 2 aromatic rings. The van der Waals surface area contributed by atoms with Gasteiger partial charge in [-0.25, -0.2) is 0 Å². The Labute approximate surface area is 114 Å². The van der Waals surface area contributed by atoms with E-state index in [1.54, 1.807) is 30.3 Å². The summed E-state index contributed by atoms with van der Waals surface area (Å²) in [6.45, 7) is 0. The number of aldehydes is 1. The van der Waals surface area contributed by atoms with Crippen LogP contribution in [-0.4, -0.2) is 11.2 Å². The van der Waals surface area contributed by atoms with E-state index in [1.807, 2.05) is 12.1 Å². The van der Waals surface area contributed by atoms with Crippen molar-refractivity contribution in [2.45, 2.75) is 10.6 Å². The maximum absolute atomic E-state index is 10.9. The van der Waals surface area contributed by atoms with Crippen molar-refractivity contribution in [2.75, 3.05) is 0 Å². The number of para-hydroxylation sites is 1. The maximum Gasteiger partial charge on any atom is 0.273 e. The fourth-order valence-corrected chi connectivity index (χ4v) is 2.51. The van der Waals surface area contributed by atoms with Crippen LogP contribution >= 0.6 is 11.8 Å². The number of hydrogen-bond donors (Lipinski definition) is 0. The van der Waals surface area contributed by atoms with Crippen LogP contribution in [0.4, 0.5) is 5.69 Å². The van der Waals surface area contributed by atoms with Crippen LogP contribution in [0.15, 0.2) is 53.4 Å². The zero-order chi connectivity index (χ0) is 13.7. The third-order valence-electron chi connectivity index (χ3n) is 2.60. The molecule has 0 heterocycles. The Balaban J connectivity index is 2.09. The lowest BCUT2D eigenvalue weighted by Crippen LogP contribution is -1.93. The Morgan fingerprint density at radius 2 is 1.79 bits per heavy atom. The summed E-state index contributed by atoms with van der Waals surface area (Å²) in [6.07, 6.45) is 0.788. The van der Waals surface area contributed by atoms with Crippen LogP contribution in [0.3, 0.4) is 0 Å². The highest BCUT2D eigenvalue weighted by Gasteiger charge is 2.12. The molecule has 2 rings (SSSR count). The number of carbonyl (C=O) groups excluding carboxylic acids is 1. The van der Waals surface area contributed by atoms with Crippen LogP contribution in [0.1, 0.15) is 15.9 Å². The number of thioether (sulfide) groups is 1. The maximum atomic E-state index is 10.9. The number of nitro benzene ring substituents is 1. The van der Waals surface area contributed by atoms with Crippen molar-refractivity contribution in [2.24, 2.45) is 0 Å². The number of carbonyl (C=O) groups is 1. The molecular formula is C14H11NO3S. The molecule has 0 unspecified atom stereocenters. The third kappa shape index (κ3) is 3.42. The van der Waals surface area contributed by atoms with Crippen molar-refractivity contribution in [3.05, 3.63) is 69.8 Å². The van der Waals surface area contributed by atoms with Gasteiger partial charge in [-0.2, -0.15) is 0 Å². The fourth-order valence-electron chi connectivity index (χ4n) is 1.61. The molecule has 0 fully saturated rings. The second-order valence-corrected chi connectivity index (χ2v) is 4.91. The second-order valence-electron chi connectivity index (χ2n) is 3.86. The summed E-state index contributed by atoms with van der Waals surface area (Å²) in [7, 11) is 0. The predicted octanol–water partition coefficient (Wildman–Crippen LogP) is 3.70. The molecule has 0 N–H and O–H groups in total. The van der Waals surface area contributed by atoms with Gasteiger partial charge in [-0.1, -0.05) is 30.3 Å². The van der Waals surface area contributed by atoms with Crippen LogP contribution in [0.25, 0.3) is 0 Å². The number of hydrogen-bond acceptors (Lipinski definition) is 4. The number of nitro groups is 1. The SMILES string of the molecule is O=Cc1ccc(SCc2ccccc2[N+](=O)[O-])cc1. The monoisotopic (exact) mass is 273 g/mol. The highest BCUT2D eigenvalue weighted by Crippen LogP contribution is 2.27. The summed E-state index contributed by atoms with van der Waals surface area (Å²) in [5.41, 5.74) is 1.45. The van der Waals surface area contributed by atoms with Gasteiger partial charge in [0.05, 0.1) is 4.92 Å². The highest BCUT2D eigenvalue weighted by atomic mass is 32.2. The van der Waals surface area contributed by atoms with Gasteiger partial charge in [0.1, 0.15) is 6.29 Å². The Bertz CT molecular complexity index is 596. The number of nitrogens with zero attached hydrogens (tertiary/aromatic N) is 1. The summed E-state index contributed by atoms with van der Waals surface area (Å²) in [4.78, 5) is 22.0. The van der Waals surface area contributed by atoms with Crippen molar-refractivity contribution in [3.63, 3.8) is 0 Å². The van der Waals surface area contributed by atoms with Crippen LogP contribution < -0.4 is 0 Å². The average Bonchev–Trinajstić information content (AvgIpc) is 2.46. The minimum absolute atomic E-state index is 0.138. The Hall–Kier alpha value is -2.14. The van der Waals surface area contributed by atoms with Crippen molar-refractivity contribution >= 4 is 23.7 Å². The fraction of sp³-hybridized carbons (Fsp3) is 0.0714. The minimum Gasteiger partial charge on any atom is -0.298 e. The van der Waals surface area contributed by atoms with E-state index in [1.165, 1.54) is 17.8 Å². The zero-order valence-corrected chi connectivity index (χ0v) is 10.8. The molecule has 0 aliphatic heterocycles. The first-order chi connectivity index (χ1) is 9.20. The van der Waals surface area contributed by atoms with E-state index in [0.29, 0.717) is 16.9 Å². The molecule has 0 aromatic heterocycles. The summed E-state index contributed by atoms with van der Waals surface area (Å²) < 4.78 is 0. The molecule has 0 atom stereocenters. The van der Waals surface area contributed by atoms with Crippen LogP contribution in [0.5, 0.6) is 0 Å². The number of benzene rings is 2. The number of rotatable bonds is 5. The van der Waals surface area contributed by atoms with Gasteiger partial charge in [-0.3, -0.25) is 14.9 Å². The topological polar surface area (TPSA) is 60.2 Å². The molecular weight excluding hydrogens is 262 g/mol. The largest absolute Gasteiger partial charge is 0.298 e. The van der Waals surface area contributed by atoms with Gasteiger partial charge in [0.15, 0.2) is 0 Å². The quantitative estimate of drug-likeness (QED) is 0.361. The molecule has 0 aliphatic rings. The van der Waals surface area contributed by atoms with Crippen molar-refractivity contribution in [3.8, 4) is 0 Å². The van der Waals surface area contributed by atoms with Gasteiger partial charge in [0.2, 0.25) is 0 Å². The molecule has 0 radical (unpaired) electrons. The van der Waals surface area contributed by atoms with Crippen molar-refractivity contribution in [1.29, 1.82) is 0 Å². The lowest BCUT2D eigenvalue weighted by Gasteiger charge is -2.03. The Kier molecular flexibility index (Phi) is 4.30. The molecule has 0 amide bonds. The van der Waals surface area contributed by atoms with Crippen LogP contribution in [-0.2, 0) is 5.75 Å². The Morgan fingerprint density at radius 3 is 2.42 bits per heavy atom. The molecule has 0 saturated carbocycles. The van der Waals surface area contributed by atoms with E-state index in [4.69, 9.17) is 0 Å². The third-order valence-corrected chi connectivity index (χ3v) is 3.66. The molecule has 96 valence electrons. The van der Waals surface area contributed by atoms with Crippen LogP contribution in [0, 0.1) is 10.1 Å². The van der Waals surface area contributed by atoms with E-state index < -0.39 is 0 Å². The average molecular weight is 273 g/mol. The van der Waals surface area contributed by atoms with Gasteiger partial charge in [-0.15, -0.1) is 11.8 Å². The first-order valence-corrected chi connectivity index (χ1v) is 6.59.